The second kappa shape index (κ2) is 16.0. The monoisotopic (exact) mass is 646 g/mol. The summed E-state index contributed by atoms with van der Waals surface area (Å²) >= 11 is 0. The molecule has 0 saturated heterocycles. The molecule has 244 valence electrons. The number of nitrogens with one attached hydrogen (secondary N) is 1. The highest BCUT2D eigenvalue weighted by Crippen LogP contribution is 2.45. The molecule has 48 heavy (non-hydrogen) atoms. The first-order chi connectivity index (χ1) is 23.5. The molecule has 0 saturated carbocycles. The molecule has 5 rings (SSSR count). The minimum absolute atomic E-state index is 0.00627. The number of carbonyl (C=O) groups is 1. The third-order valence-electron chi connectivity index (χ3n) is 7.91. The summed E-state index contributed by atoms with van der Waals surface area (Å²) in [5.41, 5.74) is 20.4. The van der Waals surface area contributed by atoms with Crippen LogP contribution in [0.1, 0.15) is 40.3 Å². The summed E-state index contributed by atoms with van der Waals surface area (Å²) in [6.07, 6.45) is -0.472. The number of hydrogen-bond donors (Lipinski definition) is 2. The predicted octanol–water partition coefficient (Wildman–Crippen LogP) is 7.02. The summed E-state index contributed by atoms with van der Waals surface area (Å²) in [6, 6.07) is 28.8. The Labute approximate surface area is 277 Å². The zero-order valence-corrected chi connectivity index (χ0v) is 26.3. The summed E-state index contributed by atoms with van der Waals surface area (Å²) in [5.74, 6) is 0.997. The van der Waals surface area contributed by atoms with Crippen LogP contribution in [-0.2, 0) is 29.0 Å². The average molecular weight is 647 g/mol. The first-order valence-electron chi connectivity index (χ1n) is 15.3. The van der Waals surface area contributed by atoms with Crippen LogP contribution >= 0.6 is 0 Å². The first kappa shape index (κ1) is 33.4. The van der Waals surface area contributed by atoms with E-state index in [1.807, 2.05) is 48.5 Å². The molecule has 13 nitrogen and oxygen atoms in total. The van der Waals surface area contributed by atoms with Crippen LogP contribution in [0.5, 0.6) is 11.5 Å². The maximum atomic E-state index is 14.7. The van der Waals surface area contributed by atoms with Gasteiger partial charge in [-0.1, -0.05) is 77.0 Å². The molecule has 1 heterocycles. The molecule has 13 heteroatoms. The number of aliphatic imine (C=N–C) groups is 1. The van der Waals surface area contributed by atoms with Crippen LogP contribution in [0.15, 0.2) is 112 Å². The van der Waals surface area contributed by atoms with Crippen molar-refractivity contribution in [1.29, 1.82) is 0 Å². The standard InChI is InChI=1S/C35H34N8O5/c1-46-31-14-7-4-11-27(31)22-38-34(45)35(21-25-9-3-6-13-30(25)41-43-37)32(29-12-5-2-10-26(29)23-39-42-36)48-33(40-35)24-15-17-28(18-16-24)47-20-8-19-44/h2-7,9-18,32,44H,8,19-23H2,1H3,(H,38,45)/t32-,35-/m1/s1. The number of methoxy groups -OCH3 is 1. The molecule has 0 bridgehead atoms. The van der Waals surface area contributed by atoms with E-state index in [1.54, 1.807) is 55.6 Å². The molecule has 2 atom stereocenters. The highest BCUT2D eigenvalue weighted by Gasteiger charge is 2.54. The van der Waals surface area contributed by atoms with Gasteiger partial charge in [0.25, 0.3) is 5.91 Å². The van der Waals surface area contributed by atoms with Crippen LogP contribution in [0.2, 0.25) is 0 Å². The van der Waals surface area contributed by atoms with Crippen LogP contribution in [0.3, 0.4) is 0 Å². The molecule has 2 N–H and O–H groups in total. The zero-order valence-electron chi connectivity index (χ0n) is 26.3. The Bertz CT molecular complexity index is 1870. The lowest BCUT2D eigenvalue weighted by molar-refractivity contribution is -0.129. The van der Waals surface area contributed by atoms with E-state index in [2.05, 4.69) is 25.4 Å². The topological polar surface area (TPSA) is 187 Å². The maximum Gasteiger partial charge on any atom is 0.252 e. The normalized spacial score (nSPS) is 16.5. The van der Waals surface area contributed by atoms with Crippen molar-refractivity contribution in [3.8, 4) is 11.5 Å². The third-order valence-corrected chi connectivity index (χ3v) is 7.91. The van der Waals surface area contributed by atoms with Crippen molar-refractivity contribution in [3.05, 3.63) is 146 Å². The Hall–Kier alpha value is -6.00. The largest absolute Gasteiger partial charge is 0.496 e. The highest BCUT2D eigenvalue weighted by atomic mass is 16.5. The molecule has 4 aromatic rings. The van der Waals surface area contributed by atoms with E-state index in [0.29, 0.717) is 52.5 Å². The molecule has 0 spiro atoms. The van der Waals surface area contributed by atoms with Gasteiger partial charge in [-0.05, 0) is 58.1 Å². The van der Waals surface area contributed by atoms with E-state index < -0.39 is 17.6 Å². The van der Waals surface area contributed by atoms with Crippen molar-refractivity contribution in [2.24, 2.45) is 15.2 Å². The molecule has 4 aromatic carbocycles. The summed E-state index contributed by atoms with van der Waals surface area (Å²) < 4.78 is 17.9. The fourth-order valence-corrected chi connectivity index (χ4v) is 5.58. The van der Waals surface area contributed by atoms with Crippen molar-refractivity contribution >= 4 is 17.5 Å². The fourth-order valence-electron chi connectivity index (χ4n) is 5.58. The van der Waals surface area contributed by atoms with Crippen molar-refractivity contribution in [1.82, 2.24) is 5.32 Å². The molecule has 0 aliphatic carbocycles. The highest BCUT2D eigenvalue weighted by molar-refractivity contribution is 6.01. The summed E-state index contributed by atoms with van der Waals surface area (Å²) in [5, 5.41) is 19.8. The number of para-hydroxylation sites is 1. The summed E-state index contributed by atoms with van der Waals surface area (Å²) in [6.45, 7) is 0.545. The molecule has 0 aromatic heterocycles. The number of aliphatic hydroxyl groups is 1. The first-order valence-corrected chi connectivity index (χ1v) is 15.3. The smallest absolute Gasteiger partial charge is 0.252 e. The zero-order chi connectivity index (χ0) is 33.8. The maximum absolute atomic E-state index is 14.7. The van der Waals surface area contributed by atoms with Gasteiger partial charge in [-0.2, -0.15) is 0 Å². The molecule has 0 fully saturated rings. The number of benzene rings is 4. The third kappa shape index (κ3) is 7.51. The van der Waals surface area contributed by atoms with Gasteiger partial charge in [-0.3, -0.25) is 4.79 Å². The van der Waals surface area contributed by atoms with E-state index >= 15 is 0 Å². The van der Waals surface area contributed by atoms with E-state index in [0.717, 1.165) is 5.56 Å². The Kier molecular flexibility index (Phi) is 11.1. The molecule has 0 radical (unpaired) electrons. The van der Waals surface area contributed by atoms with Gasteiger partial charge >= 0.3 is 0 Å². The number of hydrogen-bond acceptors (Lipinski definition) is 8. The quantitative estimate of drug-likeness (QED) is 0.0606. The average Bonchev–Trinajstić information content (AvgIpc) is 3.51. The summed E-state index contributed by atoms with van der Waals surface area (Å²) in [7, 11) is 1.57. The van der Waals surface area contributed by atoms with Gasteiger partial charge in [0, 0.05) is 52.6 Å². The Morgan fingerprint density at radius 3 is 2.40 bits per heavy atom. The van der Waals surface area contributed by atoms with Crippen molar-refractivity contribution in [2.75, 3.05) is 20.3 Å². The van der Waals surface area contributed by atoms with Crippen LogP contribution in [-0.4, -0.2) is 42.8 Å². The van der Waals surface area contributed by atoms with E-state index in [4.69, 9.17) is 29.8 Å². The van der Waals surface area contributed by atoms with Crippen molar-refractivity contribution in [2.45, 2.75) is 37.6 Å². The van der Waals surface area contributed by atoms with E-state index in [1.165, 1.54) is 0 Å². The van der Waals surface area contributed by atoms with Gasteiger partial charge in [0.05, 0.1) is 20.3 Å². The molecular formula is C35H34N8O5. The van der Waals surface area contributed by atoms with Gasteiger partial charge in [-0.15, -0.1) is 0 Å². The molecule has 0 unspecified atom stereocenters. The Morgan fingerprint density at radius 2 is 1.67 bits per heavy atom. The fraction of sp³-hybridized carbons (Fsp3) is 0.257. The second-order valence-corrected chi connectivity index (χ2v) is 10.9. The Balaban J connectivity index is 1.65. The minimum Gasteiger partial charge on any atom is -0.496 e. The van der Waals surface area contributed by atoms with Gasteiger partial charge in [0.2, 0.25) is 5.90 Å². The van der Waals surface area contributed by atoms with Gasteiger partial charge < -0.3 is 24.6 Å². The van der Waals surface area contributed by atoms with Crippen LogP contribution in [0, 0.1) is 0 Å². The number of carbonyl (C=O) groups excluding carboxylic acids is 1. The van der Waals surface area contributed by atoms with Gasteiger partial charge in [0.1, 0.15) is 11.5 Å². The molecule has 1 amide bonds. The lowest BCUT2D eigenvalue weighted by Crippen LogP contribution is -2.50. The lowest BCUT2D eigenvalue weighted by atomic mass is 9.80. The van der Waals surface area contributed by atoms with Gasteiger partial charge in [-0.25, -0.2) is 4.99 Å². The number of nitrogens with zero attached hydrogens (tertiary/aromatic N) is 7. The molecule has 1 aliphatic rings. The second-order valence-electron chi connectivity index (χ2n) is 10.9. The predicted molar refractivity (Wildman–Crippen MR) is 180 cm³/mol. The molecule has 1 aliphatic heterocycles. The summed E-state index contributed by atoms with van der Waals surface area (Å²) in [4.78, 5) is 25.7. The van der Waals surface area contributed by atoms with Crippen LogP contribution in [0.25, 0.3) is 20.9 Å². The Morgan fingerprint density at radius 1 is 0.958 bits per heavy atom. The number of rotatable bonds is 15. The molecular weight excluding hydrogens is 612 g/mol. The minimum atomic E-state index is -1.61. The van der Waals surface area contributed by atoms with E-state index in [-0.39, 0.29) is 32.0 Å². The van der Waals surface area contributed by atoms with Crippen molar-refractivity contribution < 1.29 is 24.1 Å². The van der Waals surface area contributed by atoms with Gasteiger partial charge in [0.15, 0.2) is 11.6 Å². The number of aliphatic hydroxyl groups excluding tert-OH is 1. The number of ether oxygens (including phenoxy) is 3. The number of azide groups is 2. The lowest BCUT2D eigenvalue weighted by Gasteiger charge is -2.32. The van der Waals surface area contributed by atoms with Crippen LogP contribution < -0.4 is 14.8 Å². The van der Waals surface area contributed by atoms with Crippen LogP contribution in [0.4, 0.5) is 5.69 Å². The van der Waals surface area contributed by atoms with E-state index in [9.17, 15) is 10.3 Å². The number of amides is 1. The van der Waals surface area contributed by atoms with Crippen molar-refractivity contribution in [3.63, 3.8) is 0 Å². The SMILES string of the molecule is COc1ccccc1CNC(=O)[C@]1(Cc2ccccc2N=[N+]=[N-])N=C(c2ccc(OCCCO)cc2)O[C@@H]1c1ccccc1CN=[N+]=[N-].